The zero-order valence-corrected chi connectivity index (χ0v) is 17.5. The van der Waals surface area contributed by atoms with E-state index in [1.807, 2.05) is 18.4 Å². The van der Waals surface area contributed by atoms with Crippen LogP contribution in [0.5, 0.6) is 11.5 Å². The highest BCUT2D eigenvalue weighted by Gasteiger charge is 2.27. The summed E-state index contributed by atoms with van der Waals surface area (Å²) in [4.78, 5) is 24.3. The lowest BCUT2D eigenvalue weighted by Crippen LogP contribution is -2.34. The van der Waals surface area contributed by atoms with E-state index in [1.165, 1.54) is 7.11 Å². The Morgan fingerprint density at radius 2 is 2.10 bits per heavy atom. The minimum Gasteiger partial charge on any atom is -0.493 e. The predicted molar refractivity (Wildman–Crippen MR) is 109 cm³/mol. The Bertz CT molecular complexity index is 948. The Balaban J connectivity index is 1.62. The van der Waals surface area contributed by atoms with Crippen LogP contribution < -0.4 is 20.1 Å². The highest BCUT2D eigenvalue weighted by Crippen LogP contribution is 2.35. The number of nitrogens with one attached hydrogen (secondary N) is 3. The van der Waals surface area contributed by atoms with E-state index in [0.29, 0.717) is 33.7 Å². The van der Waals surface area contributed by atoms with Gasteiger partial charge in [0.2, 0.25) is 0 Å². The van der Waals surface area contributed by atoms with Crippen molar-refractivity contribution in [1.82, 2.24) is 25.4 Å². The number of nitrogens with zero attached hydrogens (tertiary/aromatic N) is 2. The smallest absolute Gasteiger partial charge is 0.258 e. The molecule has 1 aromatic heterocycles. The van der Waals surface area contributed by atoms with Crippen LogP contribution in [0.2, 0.25) is 0 Å². The lowest BCUT2D eigenvalue weighted by atomic mass is 10.2. The normalized spacial score (nSPS) is 13.2. The first kappa shape index (κ1) is 20.8. The summed E-state index contributed by atoms with van der Waals surface area (Å²) in [7, 11) is 1.48. The van der Waals surface area contributed by atoms with E-state index in [-0.39, 0.29) is 31.0 Å². The molecule has 156 valence electrons. The molecule has 0 radical (unpaired) electrons. The van der Waals surface area contributed by atoms with Gasteiger partial charge in [-0.1, -0.05) is 0 Å². The van der Waals surface area contributed by atoms with Crippen molar-refractivity contribution in [3.05, 3.63) is 34.4 Å². The summed E-state index contributed by atoms with van der Waals surface area (Å²) >= 11 is 5.25. The number of hydrogen-bond donors (Lipinski definition) is 3. The molecular formula is C19H25N5O4S. The zero-order valence-electron chi connectivity index (χ0n) is 16.7. The number of carbonyl (C=O) groups is 2. The fourth-order valence-electron chi connectivity index (χ4n) is 2.87. The van der Waals surface area contributed by atoms with Crippen molar-refractivity contribution in [3.63, 3.8) is 0 Å². The van der Waals surface area contributed by atoms with Gasteiger partial charge in [0.15, 0.2) is 28.7 Å². The van der Waals surface area contributed by atoms with E-state index in [0.717, 1.165) is 12.8 Å². The van der Waals surface area contributed by atoms with E-state index in [9.17, 15) is 9.59 Å². The molecule has 1 heterocycles. The van der Waals surface area contributed by atoms with Crippen molar-refractivity contribution in [2.24, 2.45) is 0 Å². The second-order valence-corrected chi connectivity index (χ2v) is 7.49. The van der Waals surface area contributed by atoms with E-state index >= 15 is 0 Å². The van der Waals surface area contributed by atoms with Crippen molar-refractivity contribution in [2.75, 3.05) is 13.7 Å². The van der Waals surface area contributed by atoms with Crippen molar-refractivity contribution in [1.29, 1.82) is 0 Å². The molecule has 0 atom stereocenters. The molecule has 9 nitrogen and oxygen atoms in total. The minimum absolute atomic E-state index is 0.0314. The Kier molecular flexibility index (Phi) is 6.53. The third-order valence-electron chi connectivity index (χ3n) is 4.33. The maximum atomic E-state index is 12.5. The van der Waals surface area contributed by atoms with E-state index < -0.39 is 0 Å². The minimum atomic E-state index is -0.274. The fourth-order valence-corrected chi connectivity index (χ4v) is 3.17. The molecule has 0 bridgehead atoms. The van der Waals surface area contributed by atoms with Gasteiger partial charge in [0.05, 0.1) is 13.7 Å². The number of hydrogen-bond acceptors (Lipinski definition) is 6. The van der Waals surface area contributed by atoms with Gasteiger partial charge in [0.25, 0.3) is 11.8 Å². The lowest BCUT2D eigenvalue weighted by Gasteiger charge is -2.13. The van der Waals surface area contributed by atoms with Crippen LogP contribution >= 0.6 is 12.2 Å². The molecule has 0 spiro atoms. The molecule has 0 saturated heterocycles. The molecule has 1 aliphatic rings. The standard InChI is InChI=1S/C19H25N5O4S/c1-11(2)21-17(25)10-28-14-7-4-12(8-15(14)27-3)18(26)20-9-16-22-23-19(29)24(16)13-5-6-13/h4,7-8,11,13H,5-6,9-10H2,1-3H3,(H,20,26)(H,21,25)(H,23,29). The molecule has 0 aliphatic heterocycles. The third-order valence-corrected chi connectivity index (χ3v) is 4.62. The average Bonchev–Trinajstić information content (AvgIpc) is 3.46. The number of H-pyrrole nitrogens is 1. The van der Waals surface area contributed by atoms with Crippen molar-refractivity contribution in [2.45, 2.75) is 45.3 Å². The molecule has 29 heavy (non-hydrogen) atoms. The quantitative estimate of drug-likeness (QED) is 0.537. The summed E-state index contributed by atoms with van der Waals surface area (Å²) in [5, 5.41) is 12.6. The molecule has 0 unspecified atom stereocenters. The highest BCUT2D eigenvalue weighted by atomic mass is 32.1. The summed E-state index contributed by atoms with van der Waals surface area (Å²) in [6, 6.07) is 5.20. The molecule has 2 aromatic rings. The third kappa shape index (κ3) is 5.35. The number of benzene rings is 1. The zero-order chi connectivity index (χ0) is 21.0. The molecule has 10 heteroatoms. The van der Waals surface area contributed by atoms with Gasteiger partial charge in [-0.2, -0.15) is 5.10 Å². The van der Waals surface area contributed by atoms with Gasteiger partial charge in [0, 0.05) is 17.6 Å². The van der Waals surface area contributed by atoms with Gasteiger partial charge in [0.1, 0.15) is 0 Å². The lowest BCUT2D eigenvalue weighted by molar-refractivity contribution is -0.123. The number of carbonyl (C=O) groups excluding carboxylic acids is 2. The topological polar surface area (TPSA) is 110 Å². The summed E-state index contributed by atoms with van der Waals surface area (Å²) in [6.45, 7) is 3.87. The molecule has 1 saturated carbocycles. The maximum Gasteiger partial charge on any atom is 0.258 e. The first-order valence-electron chi connectivity index (χ1n) is 9.43. The van der Waals surface area contributed by atoms with E-state index in [2.05, 4.69) is 20.8 Å². The Labute approximate surface area is 173 Å². The SMILES string of the molecule is COc1cc(C(=O)NCc2n[nH]c(=S)n2C2CC2)ccc1OCC(=O)NC(C)C. The van der Waals surface area contributed by atoms with Crippen LogP contribution in [0.3, 0.4) is 0 Å². The number of ether oxygens (including phenoxy) is 2. The van der Waals surface area contributed by atoms with Crippen LogP contribution in [0.1, 0.15) is 48.9 Å². The molecule has 3 N–H and O–H groups in total. The highest BCUT2D eigenvalue weighted by molar-refractivity contribution is 7.71. The Morgan fingerprint density at radius 3 is 2.76 bits per heavy atom. The number of methoxy groups -OCH3 is 1. The van der Waals surface area contributed by atoms with Crippen molar-refractivity contribution in [3.8, 4) is 11.5 Å². The molecule has 1 aliphatic carbocycles. The number of aromatic amines is 1. The van der Waals surface area contributed by atoms with Gasteiger partial charge in [-0.05, 0) is 57.1 Å². The molecule has 2 amide bonds. The van der Waals surface area contributed by atoms with E-state index in [1.54, 1.807) is 18.2 Å². The summed E-state index contributed by atoms with van der Waals surface area (Å²) in [5.41, 5.74) is 0.410. The van der Waals surface area contributed by atoms with Gasteiger partial charge in [-0.3, -0.25) is 19.3 Å². The Morgan fingerprint density at radius 1 is 1.34 bits per heavy atom. The largest absolute Gasteiger partial charge is 0.493 e. The summed E-state index contributed by atoms with van der Waals surface area (Å²) in [5.74, 6) is 0.957. The van der Waals surface area contributed by atoms with Crippen LogP contribution in [-0.2, 0) is 11.3 Å². The van der Waals surface area contributed by atoms with Gasteiger partial charge in [-0.25, -0.2) is 0 Å². The van der Waals surface area contributed by atoms with Crippen LogP contribution in [0.25, 0.3) is 0 Å². The second-order valence-electron chi connectivity index (χ2n) is 7.11. The van der Waals surface area contributed by atoms with Gasteiger partial charge < -0.3 is 20.1 Å². The summed E-state index contributed by atoms with van der Waals surface area (Å²) in [6.07, 6.45) is 2.14. The van der Waals surface area contributed by atoms with Gasteiger partial charge >= 0.3 is 0 Å². The van der Waals surface area contributed by atoms with Crippen LogP contribution in [-0.4, -0.2) is 46.3 Å². The Hall–Kier alpha value is -2.88. The predicted octanol–water partition coefficient (Wildman–Crippen LogP) is 2.12. The monoisotopic (exact) mass is 419 g/mol. The average molecular weight is 420 g/mol. The van der Waals surface area contributed by atoms with Crippen molar-refractivity contribution < 1.29 is 19.1 Å². The molecule has 1 fully saturated rings. The van der Waals surface area contributed by atoms with Crippen LogP contribution in [0, 0.1) is 4.77 Å². The first-order chi connectivity index (χ1) is 13.9. The second kappa shape index (κ2) is 9.08. The maximum absolute atomic E-state index is 12.5. The first-order valence-corrected chi connectivity index (χ1v) is 9.84. The van der Waals surface area contributed by atoms with Crippen LogP contribution in [0.15, 0.2) is 18.2 Å². The van der Waals surface area contributed by atoms with Gasteiger partial charge in [-0.15, -0.1) is 0 Å². The van der Waals surface area contributed by atoms with Crippen LogP contribution in [0.4, 0.5) is 0 Å². The number of rotatable bonds is 9. The summed E-state index contributed by atoms with van der Waals surface area (Å²) < 4.78 is 13.3. The fraction of sp³-hybridized carbons (Fsp3) is 0.474. The number of aromatic nitrogens is 3. The van der Waals surface area contributed by atoms with Crippen molar-refractivity contribution >= 4 is 24.0 Å². The van der Waals surface area contributed by atoms with E-state index in [4.69, 9.17) is 21.7 Å². The number of amides is 2. The molecule has 3 rings (SSSR count). The molecular weight excluding hydrogens is 394 g/mol. The molecule has 1 aromatic carbocycles.